The topological polar surface area (TPSA) is 35.2 Å². The molecule has 0 aliphatic rings. The lowest BCUT2D eigenvalue weighted by Gasteiger charge is -2.15. The summed E-state index contributed by atoms with van der Waals surface area (Å²) in [5.41, 5.74) is 5.96. The monoisotopic (exact) mass is 233 g/mol. The third-order valence-electron chi connectivity index (χ3n) is 2.17. The fourth-order valence-corrected chi connectivity index (χ4v) is 1.36. The Hall–Kier alpha value is -1.23. The molecule has 0 aliphatic heterocycles. The van der Waals surface area contributed by atoms with Gasteiger partial charge in [-0.3, -0.25) is 0 Å². The van der Waals surface area contributed by atoms with Crippen molar-refractivity contribution < 1.29 is 17.9 Å². The minimum Gasteiger partial charge on any atom is -0.406 e. The molecule has 0 aromatic heterocycles. The van der Waals surface area contributed by atoms with Crippen LogP contribution in [0.25, 0.3) is 0 Å². The van der Waals surface area contributed by atoms with Gasteiger partial charge in [0.1, 0.15) is 5.75 Å². The largest absolute Gasteiger partial charge is 0.573 e. The molecule has 0 spiro atoms. The third kappa shape index (κ3) is 4.10. The Balaban J connectivity index is 2.83. The zero-order valence-corrected chi connectivity index (χ0v) is 8.92. The van der Waals surface area contributed by atoms with Crippen LogP contribution in [0.2, 0.25) is 0 Å². The van der Waals surface area contributed by atoms with Crippen LogP contribution >= 0.6 is 0 Å². The van der Waals surface area contributed by atoms with Crippen LogP contribution in [0, 0.1) is 5.92 Å². The quantitative estimate of drug-likeness (QED) is 0.867. The Morgan fingerprint density at radius 2 is 1.94 bits per heavy atom. The van der Waals surface area contributed by atoms with Gasteiger partial charge in [-0.2, -0.15) is 0 Å². The molecule has 0 saturated heterocycles. The second-order valence-corrected chi connectivity index (χ2v) is 3.70. The Bertz CT molecular complexity index is 338. The first-order chi connectivity index (χ1) is 7.42. The summed E-state index contributed by atoms with van der Waals surface area (Å²) in [6, 6.07) is 6.12. The molecule has 0 radical (unpaired) electrons. The van der Waals surface area contributed by atoms with Gasteiger partial charge < -0.3 is 10.5 Å². The number of nitrogens with two attached hydrogens (primary N) is 1. The molecule has 5 heteroatoms. The van der Waals surface area contributed by atoms with Gasteiger partial charge in [0.25, 0.3) is 0 Å². The van der Waals surface area contributed by atoms with Crippen LogP contribution in [0.4, 0.5) is 13.2 Å². The van der Waals surface area contributed by atoms with E-state index in [1.54, 1.807) is 12.1 Å². The molecule has 0 saturated carbocycles. The lowest BCUT2D eigenvalue weighted by atomic mass is 10.0. The highest BCUT2D eigenvalue weighted by Gasteiger charge is 2.31. The number of hydrogen-bond acceptors (Lipinski definition) is 2. The van der Waals surface area contributed by atoms with Crippen LogP contribution in [-0.4, -0.2) is 12.9 Å². The van der Waals surface area contributed by atoms with Gasteiger partial charge in [-0.1, -0.05) is 25.1 Å². The molecule has 2 nitrogen and oxygen atoms in total. The Morgan fingerprint density at radius 3 is 2.50 bits per heavy atom. The third-order valence-corrected chi connectivity index (χ3v) is 2.17. The lowest BCUT2D eigenvalue weighted by Crippen LogP contribution is -2.19. The van der Waals surface area contributed by atoms with Gasteiger partial charge >= 0.3 is 6.36 Å². The molecule has 90 valence electrons. The van der Waals surface area contributed by atoms with E-state index in [0.717, 1.165) is 0 Å². The van der Waals surface area contributed by atoms with Gasteiger partial charge in [0.05, 0.1) is 0 Å². The number of halogens is 3. The molecule has 1 aromatic carbocycles. The molecule has 1 unspecified atom stereocenters. The summed E-state index contributed by atoms with van der Waals surface area (Å²) in [6.45, 7) is 2.31. The van der Waals surface area contributed by atoms with Crippen molar-refractivity contribution in [1.29, 1.82) is 0 Å². The number of alkyl halides is 3. The molecule has 0 fully saturated rings. The molecule has 0 heterocycles. The van der Waals surface area contributed by atoms with E-state index in [4.69, 9.17) is 5.73 Å². The molecule has 0 aliphatic carbocycles. The summed E-state index contributed by atoms with van der Waals surface area (Å²) in [6.07, 6.45) is -4.18. The molecule has 0 amide bonds. The van der Waals surface area contributed by atoms with Gasteiger partial charge in [0.2, 0.25) is 0 Å². The minimum atomic E-state index is -4.65. The van der Waals surface area contributed by atoms with Crippen molar-refractivity contribution >= 4 is 0 Å². The van der Waals surface area contributed by atoms with Crippen molar-refractivity contribution in [3.63, 3.8) is 0 Å². The van der Waals surface area contributed by atoms with Crippen molar-refractivity contribution in [1.82, 2.24) is 0 Å². The van der Waals surface area contributed by atoms with Crippen LogP contribution in [0.5, 0.6) is 5.75 Å². The molecule has 0 bridgehead atoms. The maximum atomic E-state index is 12.1. The van der Waals surface area contributed by atoms with Crippen molar-refractivity contribution in [2.24, 2.45) is 11.7 Å². The predicted octanol–water partition coefficient (Wildman–Crippen LogP) is 2.72. The summed E-state index contributed by atoms with van der Waals surface area (Å²) in [7, 11) is 0. The van der Waals surface area contributed by atoms with Crippen molar-refractivity contribution in [3.8, 4) is 5.75 Å². The smallest absolute Gasteiger partial charge is 0.406 e. The molecule has 1 aromatic rings. The second-order valence-electron chi connectivity index (χ2n) is 3.70. The fraction of sp³-hybridized carbons (Fsp3) is 0.455. The summed E-state index contributed by atoms with van der Waals surface area (Å²) >= 11 is 0. The fourth-order valence-electron chi connectivity index (χ4n) is 1.36. The highest BCUT2D eigenvalue weighted by Crippen LogP contribution is 2.27. The highest BCUT2D eigenvalue weighted by atomic mass is 19.4. The zero-order chi connectivity index (χ0) is 12.2. The molecule has 1 rings (SSSR count). The van der Waals surface area contributed by atoms with E-state index in [1.165, 1.54) is 12.1 Å². The van der Waals surface area contributed by atoms with E-state index < -0.39 is 6.36 Å². The molecule has 1 atom stereocenters. The zero-order valence-electron chi connectivity index (χ0n) is 8.92. The summed E-state index contributed by atoms with van der Waals surface area (Å²) in [4.78, 5) is 0. The van der Waals surface area contributed by atoms with Gasteiger partial charge in [-0.25, -0.2) is 0 Å². The van der Waals surface area contributed by atoms with Crippen LogP contribution in [0.3, 0.4) is 0 Å². The van der Waals surface area contributed by atoms with Crippen LogP contribution < -0.4 is 10.5 Å². The summed E-state index contributed by atoms with van der Waals surface area (Å²) < 4.78 is 40.2. The standard InChI is InChI=1S/C11H14F3NO/c1-8(7-15)6-9-4-2-3-5-10(9)16-11(12,13)14/h2-5,8H,6-7,15H2,1H3. The van der Waals surface area contributed by atoms with Crippen LogP contribution in [0.1, 0.15) is 12.5 Å². The van der Waals surface area contributed by atoms with E-state index in [0.29, 0.717) is 18.5 Å². The van der Waals surface area contributed by atoms with E-state index in [1.807, 2.05) is 6.92 Å². The summed E-state index contributed by atoms with van der Waals surface area (Å²) in [5, 5.41) is 0. The first-order valence-electron chi connectivity index (χ1n) is 4.96. The number of benzene rings is 1. The normalized spacial score (nSPS) is 13.6. The van der Waals surface area contributed by atoms with E-state index >= 15 is 0 Å². The number of hydrogen-bond donors (Lipinski definition) is 1. The van der Waals surface area contributed by atoms with E-state index in [-0.39, 0.29) is 11.7 Å². The number of ether oxygens (including phenoxy) is 1. The van der Waals surface area contributed by atoms with Crippen LogP contribution in [-0.2, 0) is 6.42 Å². The van der Waals surface area contributed by atoms with Gasteiger partial charge in [-0.15, -0.1) is 13.2 Å². The molecule has 16 heavy (non-hydrogen) atoms. The van der Waals surface area contributed by atoms with Crippen molar-refractivity contribution in [3.05, 3.63) is 29.8 Å². The average molecular weight is 233 g/mol. The maximum Gasteiger partial charge on any atom is 0.573 e. The van der Waals surface area contributed by atoms with Gasteiger partial charge in [0, 0.05) is 0 Å². The van der Waals surface area contributed by atoms with E-state index in [9.17, 15) is 13.2 Å². The molecular formula is C11H14F3NO. The maximum absolute atomic E-state index is 12.1. The second kappa shape index (κ2) is 5.21. The Kier molecular flexibility index (Phi) is 4.18. The average Bonchev–Trinajstić information content (AvgIpc) is 2.18. The van der Waals surface area contributed by atoms with Gasteiger partial charge in [0.15, 0.2) is 0 Å². The van der Waals surface area contributed by atoms with E-state index in [2.05, 4.69) is 4.74 Å². The Morgan fingerprint density at radius 1 is 1.31 bits per heavy atom. The summed E-state index contributed by atoms with van der Waals surface area (Å²) in [5.74, 6) is -0.0201. The Labute approximate surface area is 92.2 Å². The van der Waals surface area contributed by atoms with Crippen molar-refractivity contribution in [2.75, 3.05) is 6.54 Å². The SMILES string of the molecule is CC(CN)Cc1ccccc1OC(F)(F)F. The van der Waals surface area contributed by atoms with Gasteiger partial charge in [-0.05, 0) is 30.5 Å². The first kappa shape index (κ1) is 12.8. The molecule has 2 N–H and O–H groups in total. The highest BCUT2D eigenvalue weighted by molar-refractivity contribution is 5.33. The molecular weight excluding hydrogens is 219 g/mol. The first-order valence-corrected chi connectivity index (χ1v) is 4.96. The minimum absolute atomic E-state index is 0.123. The van der Waals surface area contributed by atoms with Crippen molar-refractivity contribution in [2.45, 2.75) is 19.7 Å². The van der Waals surface area contributed by atoms with Crippen LogP contribution in [0.15, 0.2) is 24.3 Å². The predicted molar refractivity (Wildman–Crippen MR) is 55.0 cm³/mol. The number of para-hydroxylation sites is 1. The number of rotatable bonds is 4. The lowest BCUT2D eigenvalue weighted by molar-refractivity contribution is -0.274.